The molecule has 0 amide bonds. The zero-order chi connectivity index (χ0) is 13.7. The molecule has 1 aromatic rings. The van der Waals surface area contributed by atoms with Gasteiger partial charge in [0.1, 0.15) is 0 Å². The quantitative estimate of drug-likeness (QED) is 0.843. The van der Waals surface area contributed by atoms with Gasteiger partial charge < -0.3 is 15.2 Å². The van der Waals surface area contributed by atoms with E-state index in [-0.39, 0.29) is 5.56 Å². The smallest absolute Gasteiger partial charge is 0.290 e. The molecule has 1 aliphatic rings. The molecule has 5 nitrogen and oxygen atoms in total. The second-order valence-electron chi connectivity index (χ2n) is 5.64. The van der Waals surface area contributed by atoms with Crippen LogP contribution in [0.1, 0.15) is 33.1 Å². The van der Waals surface area contributed by atoms with Gasteiger partial charge in [0.15, 0.2) is 5.82 Å². The first kappa shape index (κ1) is 14.1. The first-order valence-corrected chi connectivity index (χ1v) is 7.19. The molecule has 2 heterocycles. The molecule has 0 aromatic carbocycles. The number of hydrogen-bond acceptors (Lipinski definition) is 4. The van der Waals surface area contributed by atoms with Crippen LogP contribution in [0.4, 0.5) is 5.82 Å². The number of nitrogens with zero attached hydrogens (tertiary/aromatic N) is 2. The number of hydrogen-bond donors (Lipinski definition) is 2. The number of aromatic nitrogens is 2. The zero-order valence-corrected chi connectivity index (χ0v) is 11.9. The molecule has 0 bridgehead atoms. The molecular formula is C14H24N4O. The average molecular weight is 264 g/mol. The van der Waals surface area contributed by atoms with Gasteiger partial charge in [0.25, 0.3) is 5.56 Å². The van der Waals surface area contributed by atoms with Gasteiger partial charge in [-0.1, -0.05) is 13.8 Å². The van der Waals surface area contributed by atoms with Gasteiger partial charge in [-0.05, 0) is 31.7 Å². The third-order valence-electron chi connectivity index (χ3n) is 3.52. The van der Waals surface area contributed by atoms with Gasteiger partial charge in [-0.2, -0.15) is 0 Å². The van der Waals surface area contributed by atoms with Crippen LogP contribution in [0.5, 0.6) is 0 Å². The van der Waals surface area contributed by atoms with E-state index < -0.39 is 0 Å². The van der Waals surface area contributed by atoms with Crippen molar-refractivity contribution >= 4 is 5.82 Å². The highest BCUT2D eigenvalue weighted by Gasteiger charge is 2.24. The lowest BCUT2D eigenvalue weighted by atomic mass is 10.0. The lowest BCUT2D eigenvalue weighted by Crippen LogP contribution is -2.48. The fourth-order valence-electron chi connectivity index (χ4n) is 2.58. The number of rotatable bonds is 5. The zero-order valence-electron chi connectivity index (χ0n) is 11.9. The minimum Gasteiger partial charge on any atom is -0.348 e. The number of piperidine rings is 1. The molecule has 0 radical (unpaired) electrons. The second-order valence-corrected chi connectivity index (χ2v) is 5.64. The molecule has 2 N–H and O–H groups in total. The summed E-state index contributed by atoms with van der Waals surface area (Å²) >= 11 is 0. The molecule has 1 aromatic heterocycles. The summed E-state index contributed by atoms with van der Waals surface area (Å²) in [5, 5.41) is 3.49. The summed E-state index contributed by atoms with van der Waals surface area (Å²) in [6.07, 6.45) is 6.73. The lowest BCUT2D eigenvalue weighted by Gasteiger charge is -2.36. The third kappa shape index (κ3) is 3.80. The normalized spacial score (nSPS) is 19.9. The molecular weight excluding hydrogens is 240 g/mol. The maximum Gasteiger partial charge on any atom is 0.290 e. The van der Waals surface area contributed by atoms with Crippen molar-refractivity contribution < 1.29 is 0 Å². The van der Waals surface area contributed by atoms with Crippen molar-refractivity contribution in [2.24, 2.45) is 5.92 Å². The first-order valence-electron chi connectivity index (χ1n) is 7.19. The van der Waals surface area contributed by atoms with E-state index in [0.717, 1.165) is 32.5 Å². The fraction of sp³-hybridized carbons (Fsp3) is 0.714. The molecule has 5 heteroatoms. The Morgan fingerprint density at radius 2 is 2.37 bits per heavy atom. The summed E-state index contributed by atoms with van der Waals surface area (Å²) in [5.41, 5.74) is -0.0849. The van der Waals surface area contributed by atoms with E-state index in [0.29, 0.717) is 17.8 Å². The van der Waals surface area contributed by atoms with Crippen molar-refractivity contribution in [3.05, 3.63) is 22.7 Å². The summed E-state index contributed by atoms with van der Waals surface area (Å²) in [4.78, 5) is 21.0. The Morgan fingerprint density at radius 3 is 3.11 bits per heavy atom. The number of H-pyrrole nitrogens is 1. The highest BCUT2D eigenvalue weighted by Crippen LogP contribution is 2.19. The summed E-state index contributed by atoms with van der Waals surface area (Å²) in [7, 11) is 0. The standard InChI is InChI=1S/C14H24N4O/c1-11(2)9-15-10-12-5-3-4-8-18(12)13-14(19)17-7-6-16-13/h6-7,11-12,15H,3-5,8-10H2,1-2H3,(H,17,19). The maximum atomic E-state index is 11.9. The van der Waals surface area contributed by atoms with Crippen molar-refractivity contribution in [3.63, 3.8) is 0 Å². The molecule has 2 rings (SSSR count). The molecule has 0 aliphatic carbocycles. The molecule has 0 spiro atoms. The Morgan fingerprint density at radius 1 is 1.53 bits per heavy atom. The van der Waals surface area contributed by atoms with Gasteiger partial charge >= 0.3 is 0 Å². The van der Waals surface area contributed by atoms with Crippen LogP contribution < -0.4 is 15.8 Å². The largest absolute Gasteiger partial charge is 0.348 e. The van der Waals surface area contributed by atoms with E-state index in [1.165, 1.54) is 6.42 Å². The van der Waals surface area contributed by atoms with Crippen molar-refractivity contribution in [1.82, 2.24) is 15.3 Å². The third-order valence-corrected chi connectivity index (χ3v) is 3.52. The monoisotopic (exact) mass is 264 g/mol. The lowest BCUT2D eigenvalue weighted by molar-refractivity contribution is 0.419. The van der Waals surface area contributed by atoms with Crippen LogP contribution in [0.15, 0.2) is 17.2 Å². The molecule has 106 valence electrons. The Balaban J connectivity index is 2.04. The van der Waals surface area contributed by atoms with Gasteiger partial charge in [0.2, 0.25) is 0 Å². The molecule has 1 aliphatic heterocycles. The van der Waals surface area contributed by atoms with Gasteiger partial charge in [0, 0.05) is 31.5 Å². The molecule has 1 unspecified atom stereocenters. The van der Waals surface area contributed by atoms with Crippen LogP contribution in [0, 0.1) is 5.92 Å². The molecule has 19 heavy (non-hydrogen) atoms. The van der Waals surface area contributed by atoms with E-state index in [2.05, 4.69) is 34.0 Å². The van der Waals surface area contributed by atoms with Crippen LogP contribution in [0.25, 0.3) is 0 Å². The van der Waals surface area contributed by atoms with Crippen molar-refractivity contribution in [3.8, 4) is 0 Å². The van der Waals surface area contributed by atoms with Crippen LogP contribution in [0.2, 0.25) is 0 Å². The van der Waals surface area contributed by atoms with Gasteiger partial charge in [-0.3, -0.25) is 4.79 Å². The highest BCUT2D eigenvalue weighted by atomic mass is 16.1. The molecule has 1 saturated heterocycles. The molecule has 1 atom stereocenters. The maximum absolute atomic E-state index is 11.9. The summed E-state index contributed by atoms with van der Waals surface area (Å²) < 4.78 is 0. The van der Waals surface area contributed by atoms with Gasteiger partial charge in [-0.15, -0.1) is 0 Å². The molecule has 0 saturated carbocycles. The van der Waals surface area contributed by atoms with Crippen molar-refractivity contribution in [2.75, 3.05) is 24.5 Å². The average Bonchev–Trinajstić information content (AvgIpc) is 2.40. The number of anilines is 1. The molecule has 1 fully saturated rings. The Bertz CT molecular complexity index is 443. The minimum absolute atomic E-state index is 0.0849. The van der Waals surface area contributed by atoms with Crippen LogP contribution in [-0.4, -0.2) is 35.6 Å². The highest BCUT2D eigenvalue weighted by molar-refractivity contribution is 5.37. The van der Waals surface area contributed by atoms with Crippen LogP contribution in [-0.2, 0) is 0 Å². The SMILES string of the molecule is CC(C)CNCC1CCCCN1c1ncc[nH]c1=O. The summed E-state index contributed by atoms with van der Waals surface area (Å²) in [5.74, 6) is 1.22. The van der Waals surface area contributed by atoms with Crippen molar-refractivity contribution in [2.45, 2.75) is 39.2 Å². The van der Waals surface area contributed by atoms with E-state index in [1.807, 2.05) is 0 Å². The Labute approximate surface area is 114 Å². The van der Waals surface area contributed by atoms with E-state index in [4.69, 9.17) is 0 Å². The van der Waals surface area contributed by atoms with Gasteiger partial charge in [0.05, 0.1) is 0 Å². The van der Waals surface area contributed by atoms with E-state index >= 15 is 0 Å². The van der Waals surface area contributed by atoms with Crippen LogP contribution in [0.3, 0.4) is 0 Å². The van der Waals surface area contributed by atoms with Gasteiger partial charge in [-0.25, -0.2) is 4.98 Å². The minimum atomic E-state index is -0.0849. The Kier molecular flexibility index (Phi) is 4.96. The Hall–Kier alpha value is -1.36. The first-order chi connectivity index (χ1) is 9.18. The van der Waals surface area contributed by atoms with Crippen LogP contribution >= 0.6 is 0 Å². The van der Waals surface area contributed by atoms with E-state index in [1.54, 1.807) is 12.4 Å². The fourth-order valence-corrected chi connectivity index (χ4v) is 2.58. The summed E-state index contributed by atoms with van der Waals surface area (Å²) in [6.45, 7) is 7.27. The predicted molar refractivity (Wildman–Crippen MR) is 77.6 cm³/mol. The van der Waals surface area contributed by atoms with Crippen molar-refractivity contribution in [1.29, 1.82) is 0 Å². The predicted octanol–water partition coefficient (Wildman–Crippen LogP) is 1.37. The van der Waals surface area contributed by atoms with E-state index in [9.17, 15) is 4.79 Å². The topological polar surface area (TPSA) is 61.0 Å². The number of aromatic amines is 1. The second kappa shape index (κ2) is 6.70. The summed E-state index contributed by atoms with van der Waals surface area (Å²) in [6, 6.07) is 0.378. The number of nitrogens with one attached hydrogen (secondary N) is 2.